The van der Waals surface area contributed by atoms with E-state index >= 15 is 0 Å². The summed E-state index contributed by atoms with van der Waals surface area (Å²) in [4.78, 5) is 11.4. The second-order valence-electron chi connectivity index (χ2n) is 6.66. The van der Waals surface area contributed by atoms with Crippen molar-refractivity contribution in [1.29, 1.82) is 0 Å². The summed E-state index contributed by atoms with van der Waals surface area (Å²) in [6.07, 6.45) is 1.83. The van der Waals surface area contributed by atoms with Crippen molar-refractivity contribution in [2.24, 2.45) is 0 Å². The largest absolute Gasteiger partial charge is 0.357 e. The summed E-state index contributed by atoms with van der Waals surface area (Å²) in [5, 5.41) is 3.50. The molecule has 4 nitrogen and oxygen atoms in total. The van der Waals surface area contributed by atoms with E-state index in [1.807, 2.05) is 12.3 Å². The van der Waals surface area contributed by atoms with E-state index in [9.17, 15) is 0 Å². The van der Waals surface area contributed by atoms with E-state index in [1.165, 1.54) is 11.1 Å². The minimum absolute atomic E-state index is 0.442. The first-order chi connectivity index (χ1) is 11.5. The van der Waals surface area contributed by atoms with Crippen LogP contribution in [0.1, 0.15) is 64.5 Å². The lowest BCUT2D eigenvalue weighted by atomic mass is 9.93. The van der Waals surface area contributed by atoms with Crippen LogP contribution >= 0.6 is 0 Å². The molecule has 1 N–H and O–H groups in total. The molecule has 0 atom stereocenters. The third-order valence-electron chi connectivity index (χ3n) is 4.34. The van der Waals surface area contributed by atoms with E-state index in [1.54, 1.807) is 0 Å². The van der Waals surface area contributed by atoms with Crippen LogP contribution in [-0.4, -0.2) is 23.1 Å². The Bertz CT molecular complexity index is 634. The third-order valence-corrected chi connectivity index (χ3v) is 4.34. The fraction of sp³-hybridized carbons (Fsp3) is 0.500. The van der Waals surface area contributed by atoms with E-state index in [2.05, 4.69) is 74.9 Å². The molecule has 4 heteroatoms. The minimum Gasteiger partial charge on any atom is -0.357 e. The Morgan fingerprint density at radius 3 is 2.04 bits per heavy atom. The highest BCUT2D eigenvalue weighted by Gasteiger charge is 2.15. The monoisotopic (exact) mass is 326 g/mol. The number of hydrogen-bond donors (Lipinski definition) is 1. The lowest BCUT2D eigenvalue weighted by molar-refractivity contribution is 0.833. The number of nitrogens with one attached hydrogen (secondary N) is 1. The number of benzene rings is 1. The second-order valence-corrected chi connectivity index (χ2v) is 6.66. The molecule has 1 aromatic heterocycles. The quantitative estimate of drug-likeness (QED) is 0.748. The molecule has 0 aliphatic heterocycles. The smallest absolute Gasteiger partial charge is 0.229 e. The first-order valence-corrected chi connectivity index (χ1v) is 8.95. The molecule has 0 aliphatic carbocycles. The standard InChI is InChI=1S/C20H30N4/c1-7-24(8-2)18-12-13-21-20(22-18)23-19-16(14(3)4)10-9-11-17(19)15(5)6/h9-15H,7-8H2,1-6H3,(H,21,22,23). The average molecular weight is 326 g/mol. The minimum atomic E-state index is 0.442. The number of anilines is 3. The third kappa shape index (κ3) is 4.05. The zero-order valence-electron chi connectivity index (χ0n) is 15.8. The van der Waals surface area contributed by atoms with Gasteiger partial charge in [-0.25, -0.2) is 4.98 Å². The summed E-state index contributed by atoms with van der Waals surface area (Å²) in [5.41, 5.74) is 3.76. The molecule has 0 unspecified atom stereocenters. The van der Waals surface area contributed by atoms with Crippen molar-refractivity contribution in [3.63, 3.8) is 0 Å². The molecule has 1 aromatic carbocycles. The molecule has 2 aromatic rings. The molecule has 0 spiro atoms. The number of aromatic nitrogens is 2. The van der Waals surface area contributed by atoms with E-state index < -0.39 is 0 Å². The highest BCUT2D eigenvalue weighted by Crippen LogP contribution is 2.33. The fourth-order valence-corrected chi connectivity index (χ4v) is 2.94. The number of rotatable bonds is 7. The molecule has 0 bridgehead atoms. The van der Waals surface area contributed by atoms with Crippen LogP contribution in [0.5, 0.6) is 0 Å². The van der Waals surface area contributed by atoms with Crippen molar-refractivity contribution in [1.82, 2.24) is 9.97 Å². The van der Waals surface area contributed by atoms with Crippen LogP contribution in [0.2, 0.25) is 0 Å². The van der Waals surface area contributed by atoms with Crippen LogP contribution in [0.15, 0.2) is 30.5 Å². The van der Waals surface area contributed by atoms with E-state index in [-0.39, 0.29) is 0 Å². The van der Waals surface area contributed by atoms with E-state index in [4.69, 9.17) is 4.98 Å². The van der Waals surface area contributed by atoms with E-state index in [0.717, 1.165) is 24.6 Å². The van der Waals surface area contributed by atoms with Gasteiger partial charge >= 0.3 is 0 Å². The Morgan fingerprint density at radius 2 is 1.54 bits per heavy atom. The van der Waals surface area contributed by atoms with Crippen molar-refractivity contribution in [2.45, 2.75) is 53.4 Å². The number of hydrogen-bond acceptors (Lipinski definition) is 4. The Hall–Kier alpha value is -2.10. The van der Waals surface area contributed by atoms with Gasteiger partial charge in [-0.3, -0.25) is 0 Å². The first-order valence-electron chi connectivity index (χ1n) is 8.95. The Balaban J connectivity index is 2.42. The fourth-order valence-electron chi connectivity index (χ4n) is 2.94. The zero-order chi connectivity index (χ0) is 17.7. The van der Waals surface area contributed by atoms with Crippen molar-refractivity contribution < 1.29 is 0 Å². The van der Waals surface area contributed by atoms with Gasteiger partial charge in [0.2, 0.25) is 5.95 Å². The molecule has 1 heterocycles. The summed E-state index contributed by atoms with van der Waals surface area (Å²) in [6, 6.07) is 8.49. The molecule has 24 heavy (non-hydrogen) atoms. The normalized spacial score (nSPS) is 11.2. The number of para-hydroxylation sites is 1. The Labute approximate surface area is 146 Å². The molecule has 130 valence electrons. The van der Waals surface area contributed by atoms with Crippen molar-refractivity contribution in [2.75, 3.05) is 23.3 Å². The molecule has 0 aliphatic rings. The predicted molar refractivity (Wildman–Crippen MR) is 103 cm³/mol. The van der Waals surface area contributed by atoms with Crippen LogP contribution in [0.25, 0.3) is 0 Å². The van der Waals surface area contributed by atoms with Crippen LogP contribution in [-0.2, 0) is 0 Å². The highest BCUT2D eigenvalue weighted by molar-refractivity contribution is 5.65. The summed E-state index contributed by atoms with van der Waals surface area (Å²) in [7, 11) is 0. The zero-order valence-corrected chi connectivity index (χ0v) is 15.8. The van der Waals surface area contributed by atoms with Crippen molar-refractivity contribution in [3.8, 4) is 0 Å². The van der Waals surface area contributed by atoms with Gasteiger partial charge in [0.15, 0.2) is 0 Å². The van der Waals surface area contributed by atoms with Gasteiger partial charge in [-0.1, -0.05) is 45.9 Å². The maximum Gasteiger partial charge on any atom is 0.229 e. The summed E-state index contributed by atoms with van der Waals surface area (Å²) >= 11 is 0. The lowest BCUT2D eigenvalue weighted by Gasteiger charge is -2.22. The van der Waals surface area contributed by atoms with Crippen LogP contribution in [0.3, 0.4) is 0 Å². The summed E-state index contributed by atoms with van der Waals surface area (Å²) in [6.45, 7) is 15.0. The average Bonchev–Trinajstić information content (AvgIpc) is 2.56. The molecular weight excluding hydrogens is 296 g/mol. The van der Waals surface area contributed by atoms with Gasteiger partial charge in [0, 0.05) is 25.0 Å². The van der Waals surface area contributed by atoms with Gasteiger partial charge in [-0.05, 0) is 42.9 Å². The van der Waals surface area contributed by atoms with Crippen LogP contribution < -0.4 is 10.2 Å². The second kappa shape index (κ2) is 8.13. The molecule has 2 rings (SSSR count). The van der Waals surface area contributed by atoms with Gasteiger partial charge in [-0.2, -0.15) is 4.98 Å². The van der Waals surface area contributed by atoms with Crippen molar-refractivity contribution in [3.05, 3.63) is 41.6 Å². The summed E-state index contributed by atoms with van der Waals surface area (Å²) in [5.74, 6) is 2.51. The highest BCUT2D eigenvalue weighted by atomic mass is 15.2. The van der Waals surface area contributed by atoms with E-state index in [0.29, 0.717) is 17.8 Å². The predicted octanol–water partition coefficient (Wildman–Crippen LogP) is 5.31. The SMILES string of the molecule is CCN(CC)c1ccnc(Nc2c(C(C)C)cccc2C(C)C)n1. The molecule has 0 saturated carbocycles. The van der Waals surface area contributed by atoms with Crippen LogP contribution in [0.4, 0.5) is 17.5 Å². The molecule has 0 saturated heterocycles. The molecular formula is C20H30N4. The molecule has 0 amide bonds. The maximum absolute atomic E-state index is 4.71. The summed E-state index contributed by atoms with van der Waals surface area (Å²) < 4.78 is 0. The lowest BCUT2D eigenvalue weighted by Crippen LogP contribution is -2.23. The first kappa shape index (κ1) is 18.2. The Kier molecular flexibility index (Phi) is 6.18. The topological polar surface area (TPSA) is 41.1 Å². The molecule has 0 radical (unpaired) electrons. The maximum atomic E-state index is 4.71. The Morgan fingerprint density at radius 1 is 0.958 bits per heavy atom. The van der Waals surface area contributed by atoms with Crippen molar-refractivity contribution >= 4 is 17.5 Å². The van der Waals surface area contributed by atoms with Gasteiger partial charge in [0.05, 0.1) is 0 Å². The van der Waals surface area contributed by atoms with Gasteiger partial charge < -0.3 is 10.2 Å². The van der Waals surface area contributed by atoms with Gasteiger partial charge in [-0.15, -0.1) is 0 Å². The van der Waals surface area contributed by atoms with Gasteiger partial charge in [0.25, 0.3) is 0 Å². The van der Waals surface area contributed by atoms with Crippen LogP contribution in [0, 0.1) is 0 Å². The molecule has 0 fully saturated rings. The van der Waals surface area contributed by atoms with Gasteiger partial charge in [0.1, 0.15) is 5.82 Å². The number of nitrogens with zero attached hydrogens (tertiary/aromatic N) is 3.